The summed E-state index contributed by atoms with van der Waals surface area (Å²) in [6, 6.07) is -0.183. The minimum atomic E-state index is -0.183. The van der Waals surface area contributed by atoms with E-state index >= 15 is 0 Å². The second-order valence-corrected chi connectivity index (χ2v) is 4.60. The number of hydrogen-bond donors (Lipinski definition) is 1. The second-order valence-electron chi connectivity index (χ2n) is 3.45. The van der Waals surface area contributed by atoms with Crippen LogP contribution in [0.2, 0.25) is 0 Å². The number of rotatable bonds is 10. The minimum absolute atomic E-state index is 0.173. The molecule has 0 aromatic rings. The smallest absolute Gasteiger partial charge is 0.323 e. The summed E-state index contributed by atoms with van der Waals surface area (Å²) in [5.74, 6) is 1.60. The molecule has 0 fully saturated rings. The highest BCUT2D eigenvalue weighted by Crippen LogP contribution is 2.06. The van der Waals surface area contributed by atoms with Crippen LogP contribution in [0.3, 0.4) is 0 Å². The van der Waals surface area contributed by atoms with E-state index in [0.29, 0.717) is 0 Å². The number of methoxy groups -OCH3 is 2. The molecule has 0 heterocycles. The number of esters is 1. The van der Waals surface area contributed by atoms with Gasteiger partial charge in [-0.25, -0.2) is 0 Å². The van der Waals surface area contributed by atoms with Crippen LogP contribution >= 0.6 is 11.8 Å². The average Bonchev–Trinajstić information content (AvgIpc) is 2.31. The highest BCUT2D eigenvalue weighted by atomic mass is 32.2. The van der Waals surface area contributed by atoms with Crippen molar-refractivity contribution in [3.05, 3.63) is 0 Å². The Morgan fingerprint density at radius 1 is 1.44 bits per heavy atom. The maximum Gasteiger partial charge on any atom is 0.323 e. The quantitative estimate of drug-likeness (QED) is 0.467. The number of nitrogens with one attached hydrogen (secondary N) is 1. The fourth-order valence-corrected chi connectivity index (χ4v) is 2.16. The molecule has 4 nitrogen and oxygen atoms in total. The molecule has 0 aliphatic carbocycles. The second kappa shape index (κ2) is 11.2. The van der Waals surface area contributed by atoms with Gasteiger partial charge >= 0.3 is 5.97 Å². The summed E-state index contributed by atoms with van der Waals surface area (Å²) in [6.45, 7) is 3.70. The van der Waals surface area contributed by atoms with E-state index in [2.05, 4.69) is 12.2 Å². The fourth-order valence-electron chi connectivity index (χ4n) is 1.18. The van der Waals surface area contributed by atoms with Gasteiger partial charge in [0.1, 0.15) is 6.04 Å². The van der Waals surface area contributed by atoms with Gasteiger partial charge in [-0.2, -0.15) is 11.8 Å². The molecule has 0 aliphatic heterocycles. The zero-order valence-corrected chi connectivity index (χ0v) is 11.3. The lowest BCUT2D eigenvalue weighted by atomic mass is 10.3. The maximum absolute atomic E-state index is 11.4. The Morgan fingerprint density at radius 2 is 2.19 bits per heavy atom. The summed E-state index contributed by atoms with van der Waals surface area (Å²) >= 11 is 1.75. The van der Waals surface area contributed by atoms with E-state index in [1.54, 1.807) is 18.9 Å². The molecule has 16 heavy (non-hydrogen) atoms. The fraction of sp³-hybridized carbons (Fsp3) is 0.909. The Morgan fingerprint density at radius 3 is 2.75 bits per heavy atom. The van der Waals surface area contributed by atoms with Gasteiger partial charge in [-0.15, -0.1) is 0 Å². The maximum atomic E-state index is 11.4. The van der Waals surface area contributed by atoms with Crippen molar-refractivity contribution in [3.63, 3.8) is 0 Å². The van der Waals surface area contributed by atoms with Crippen molar-refractivity contribution < 1.29 is 14.3 Å². The van der Waals surface area contributed by atoms with Gasteiger partial charge in [0, 0.05) is 19.5 Å². The molecule has 0 saturated heterocycles. The number of ether oxygens (including phenoxy) is 2. The van der Waals surface area contributed by atoms with E-state index in [1.165, 1.54) is 7.11 Å². The Bertz CT molecular complexity index is 179. The molecule has 0 aromatic carbocycles. The topological polar surface area (TPSA) is 47.6 Å². The highest BCUT2D eigenvalue weighted by molar-refractivity contribution is 7.99. The molecular formula is C11H23NO3S. The summed E-state index contributed by atoms with van der Waals surface area (Å²) in [4.78, 5) is 11.4. The van der Waals surface area contributed by atoms with Gasteiger partial charge in [-0.3, -0.25) is 4.79 Å². The molecule has 1 unspecified atom stereocenters. The molecule has 0 spiro atoms. The molecule has 96 valence electrons. The van der Waals surface area contributed by atoms with Crippen LogP contribution in [0.5, 0.6) is 0 Å². The Labute approximate surface area is 102 Å². The van der Waals surface area contributed by atoms with Gasteiger partial charge in [0.2, 0.25) is 0 Å². The number of thioether (sulfide) groups is 1. The number of hydrogen-bond acceptors (Lipinski definition) is 5. The monoisotopic (exact) mass is 249 g/mol. The van der Waals surface area contributed by atoms with Crippen molar-refractivity contribution in [3.8, 4) is 0 Å². The molecule has 5 heteroatoms. The van der Waals surface area contributed by atoms with Crippen molar-refractivity contribution in [1.82, 2.24) is 5.32 Å². The van der Waals surface area contributed by atoms with Crippen LogP contribution in [-0.2, 0) is 14.3 Å². The predicted octanol–water partition coefficient (Wildman–Crippen LogP) is 1.30. The number of carbonyl (C=O) groups is 1. The van der Waals surface area contributed by atoms with E-state index in [4.69, 9.17) is 9.47 Å². The van der Waals surface area contributed by atoms with Crippen LogP contribution in [0.15, 0.2) is 0 Å². The molecule has 0 radical (unpaired) electrons. The standard InChI is InChI=1S/C11H23NO3S/c1-4-6-12-10(11(13)15-3)9-16-8-5-7-14-2/h10,12H,4-9H2,1-3H3. The van der Waals surface area contributed by atoms with E-state index in [0.717, 1.165) is 37.5 Å². The van der Waals surface area contributed by atoms with Crippen LogP contribution in [0.25, 0.3) is 0 Å². The molecule has 0 saturated carbocycles. The first-order chi connectivity index (χ1) is 7.76. The molecule has 0 amide bonds. The third-order valence-corrected chi connectivity index (χ3v) is 3.19. The third kappa shape index (κ3) is 7.96. The molecule has 0 rings (SSSR count). The zero-order valence-electron chi connectivity index (χ0n) is 10.5. The SMILES string of the molecule is CCCNC(CSCCCOC)C(=O)OC. The first-order valence-electron chi connectivity index (χ1n) is 5.64. The molecule has 1 N–H and O–H groups in total. The highest BCUT2D eigenvalue weighted by Gasteiger charge is 2.17. The van der Waals surface area contributed by atoms with Crippen molar-refractivity contribution in [2.75, 3.05) is 38.9 Å². The van der Waals surface area contributed by atoms with E-state index in [-0.39, 0.29) is 12.0 Å². The summed E-state index contributed by atoms with van der Waals surface area (Å²) in [7, 11) is 3.13. The lowest BCUT2D eigenvalue weighted by Crippen LogP contribution is -2.40. The van der Waals surface area contributed by atoms with Gasteiger partial charge < -0.3 is 14.8 Å². The Balaban J connectivity index is 3.69. The zero-order chi connectivity index (χ0) is 12.2. The Kier molecular flexibility index (Phi) is 11.0. The first kappa shape index (κ1) is 15.7. The van der Waals surface area contributed by atoms with Gasteiger partial charge in [0.25, 0.3) is 0 Å². The first-order valence-corrected chi connectivity index (χ1v) is 6.79. The van der Waals surface area contributed by atoms with Crippen LogP contribution in [0.1, 0.15) is 19.8 Å². The lowest BCUT2D eigenvalue weighted by Gasteiger charge is -2.15. The largest absolute Gasteiger partial charge is 0.468 e. The van der Waals surface area contributed by atoms with Crippen molar-refractivity contribution in [2.24, 2.45) is 0 Å². The number of carbonyl (C=O) groups excluding carboxylic acids is 1. The average molecular weight is 249 g/mol. The summed E-state index contributed by atoms with van der Waals surface area (Å²) in [6.07, 6.45) is 2.03. The summed E-state index contributed by atoms with van der Waals surface area (Å²) in [5.41, 5.74) is 0. The molecular weight excluding hydrogens is 226 g/mol. The molecule has 0 bridgehead atoms. The summed E-state index contributed by atoms with van der Waals surface area (Å²) in [5, 5.41) is 3.18. The summed E-state index contributed by atoms with van der Waals surface area (Å²) < 4.78 is 9.71. The lowest BCUT2D eigenvalue weighted by molar-refractivity contribution is -0.142. The molecule has 0 aliphatic rings. The Hall–Kier alpha value is -0.260. The van der Waals surface area contributed by atoms with Crippen LogP contribution in [0.4, 0.5) is 0 Å². The molecule has 0 aromatic heterocycles. The van der Waals surface area contributed by atoms with Crippen LogP contribution in [0, 0.1) is 0 Å². The van der Waals surface area contributed by atoms with Crippen molar-refractivity contribution >= 4 is 17.7 Å². The third-order valence-electron chi connectivity index (χ3n) is 2.05. The minimum Gasteiger partial charge on any atom is -0.468 e. The predicted molar refractivity (Wildman–Crippen MR) is 67.9 cm³/mol. The van der Waals surface area contributed by atoms with Gasteiger partial charge in [0.15, 0.2) is 0 Å². The van der Waals surface area contributed by atoms with Crippen LogP contribution < -0.4 is 5.32 Å². The van der Waals surface area contributed by atoms with E-state index in [1.807, 2.05) is 0 Å². The van der Waals surface area contributed by atoms with Gasteiger partial charge in [-0.05, 0) is 25.1 Å². The van der Waals surface area contributed by atoms with Crippen molar-refractivity contribution in [2.45, 2.75) is 25.8 Å². The van der Waals surface area contributed by atoms with Gasteiger partial charge in [0.05, 0.1) is 7.11 Å². The van der Waals surface area contributed by atoms with Gasteiger partial charge in [-0.1, -0.05) is 6.92 Å². The molecule has 1 atom stereocenters. The van der Waals surface area contributed by atoms with Crippen molar-refractivity contribution in [1.29, 1.82) is 0 Å². The van der Waals surface area contributed by atoms with E-state index in [9.17, 15) is 4.79 Å². The van der Waals surface area contributed by atoms with Crippen LogP contribution in [-0.4, -0.2) is 50.9 Å². The normalized spacial score (nSPS) is 12.4. The van der Waals surface area contributed by atoms with E-state index < -0.39 is 0 Å².